The summed E-state index contributed by atoms with van der Waals surface area (Å²) < 4.78 is 0. The fourth-order valence-corrected chi connectivity index (χ4v) is 1.10. The molecule has 12 heavy (non-hydrogen) atoms. The van der Waals surface area contributed by atoms with Gasteiger partial charge in [-0.3, -0.25) is 4.98 Å². The van der Waals surface area contributed by atoms with Gasteiger partial charge in [-0.2, -0.15) is 0 Å². The van der Waals surface area contributed by atoms with Gasteiger partial charge >= 0.3 is 0 Å². The summed E-state index contributed by atoms with van der Waals surface area (Å²) in [5, 5.41) is 3.35. The maximum absolute atomic E-state index is 4.38. The zero-order chi connectivity index (χ0) is 8.55. The highest BCUT2D eigenvalue weighted by atomic mass is 15.1. The van der Waals surface area contributed by atoms with E-state index in [2.05, 4.69) is 15.3 Å². The van der Waals surface area contributed by atoms with Crippen LogP contribution in [0, 0.1) is 13.8 Å². The van der Waals surface area contributed by atoms with Crippen LogP contribution in [0.2, 0.25) is 0 Å². The van der Waals surface area contributed by atoms with E-state index >= 15 is 0 Å². The lowest BCUT2D eigenvalue weighted by Crippen LogP contribution is -2.06. The van der Waals surface area contributed by atoms with E-state index in [4.69, 9.17) is 0 Å². The SMILES string of the molecule is Cc1cnc(C)c(NC2CC2)n1. The van der Waals surface area contributed by atoms with Gasteiger partial charge in [-0.15, -0.1) is 0 Å². The number of hydrogen-bond acceptors (Lipinski definition) is 3. The third kappa shape index (κ3) is 1.55. The number of rotatable bonds is 2. The minimum Gasteiger partial charge on any atom is -0.366 e. The van der Waals surface area contributed by atoms with Crippen LogP contribution in [0.25, 0.3) is 0 Å². The molecule has 1 saturated carbocycles. The molecule has 2 rings (SSSR count). The van der Waals surface area contributed by atoms with E-state index in [-0.39, 0.29) is 0 Å². The van der Waals surface area contributed by atoms with E-state index in [0.29, 0.717) is 6.04 Å². The van der Waals surface area contributed by atoms with Gasteiger partial charge in [0.1, 0.15) is 5.82 Å². The van der Waals surface area contributed by atoms with E-state index in [1.54, 1.807) is 6.20 Å². The molecule has 1 fully saturated rings. The Morgan fingerprint density at radius 1 is 1.42 bits per heavy atom. The first-order valence-corrected chi connectivity index (χ1v) is 4.32. The molecule has 0 aromatic carbocycles. The average Bonchev–Trinajstić information content (AvgIpc) is 2.81. The Morgan fingerprint density at radius 2 is 2.17 bits per heavy atom. The van der Waals surface area contributed by atoms with Crippen LogP contribution in [0.5, 0.6) is 0 Å². The average molecular weight is 163 g/mol. The molecule has 0 spiro atoms. The number of nitrogens with one attached hydrogen (secondary N) is 1. The van der Waals surface area contributed by atoms with E-state index in [1.165, 1.54) is 12.8 Å². The van der Waals surface area contributed by atoms with Crippen LogP contribution in [0.15, 0.2) is 6.20 Å². The molecular formula is C9H13N3. The fourth-order valence-electron chi connectivity index (χ4n) is 1.10. The molecule has 0 unspecified atom stereocenters. The van der Waals surface area contributed by atoms with Crippen LogP contribution >= 0.6 is 0 Å². The largest absolute Gasteiger partial charge is 0.366 e. The number of anilines is 1. The summed E-state index contributed by atoms with van der Waals surface area (Å²) in [4.78, 5) is 8.61. The first-order chi connectivity index (χ1) is 5.75. The molecule has 1 aromatic rings. The number of aromatic nitrogens is 2. The van der Waals surface area contributed by atoms with Gasteiger partial charge in [-0.05, 0) is 26.7 Å². The van der Waals surface area contributed by atoms with E-state index in [0.717, 1.165) is 17.2 Å². The molecule has 0 radical (unpaired) electrons. The summed E-state index contributed by atoms with van der Waals surface area (Å²) in [6.45, 7) is 3.95. The van der Waals surface area contributed by atoms with Gasteiger partial charge < -0.3 is 5.32 Å². The molecule has 0 amide bonds. The zero-order valence-electron chi connectivity index (χ0n) is 7.46. The zero-order valence-corrected chi connectivity index (χ0v) is 7.46. The summed E-state index contributed by atoms with van der Waals surface area (Å²) >= 11 is 0. The van der Waals surface area contributed by atoms with Gasteiger partial charge in [0.05, 0.1) is 11.4 Å². The topological polar surface area (TPSA) is 37.8 Å². The van der Waals surface area contributed by atoms with E-state index < -0.39 is 0 Å². The highest BCUT2D eigenvalue weighted by Crippen LogP contribution is 2.24. The lowest BCUT2D eigenvalue weighted by atomic mass is 10.4. The number of aryl methyl sites for hydroxylation is 2. The molecule has 0 bridgehead atoms. The first-order valence-electron chi connectivity index (χ1n) is 4.32. The summed E-state index contributed by atoms with van der Waals surface area (Å²) in [5.74, 6) is 0.956. The molecule has 1 aliphatic carbocycles. The van der Waals surface area contributed by atoms with Crippen LogP contribution in [0.3, 0.4) is 0 Å². The molecule has 0 saturated heterocycles. The monoisotopic (exact) mass is 163 g/mol. The molecule has 3 nitrogen and oxygen atoms in total. The third-order valence-electron chi connectivity index (χ3n) is 1.99. The van der Waals surface area contributed by atoms with E-state index in [9.17, 15) is 0 Å². The van der Waals surface area contributed by atoms with Crippen molar-refractivity contribution in [3.05, 3.63) is 17.6 Å². The van der Waals surface area contributed by atoms with Crippen LogP contribution in [0.4, 0.5) is 5.82 Å². The van der Waals surface area contributed by atoms with Crippen molar-refractivity contribution in [1.29, 1.82) is 0 Å². The quantitative estimate of drug-likeness (QED) is 0.720. The lowest BCUT2D eigenvalue weighted by Gasteiger charge is -2.06. The van der Waals surface area contributed by atoms with Crippen molar-refractivity contribution >= 4 is 5.82 Å². The summed E-state index contributed by atoms with van der Waals surface area (Å²) in [7, 11) is 0. The van der Waals surface area contributed by atoms with Crippen LogP contribution < -0.4 is 5.32 Å². The van der Waals surface area contributed by atoms with Crippen molar-refractivity contribution in [2.45, 2.75) is 32.7 Å². The van der Waals surface area contributed by atoms with Crippen LogP contribution in [0.1, 0.15) is 24.2 Å². The molecule has 1 aliphatic rings. The maximum atomic E-state index is 4.38. The number of hydrogen-bond donors (Lipinski definition) is 1. The van der Waals surface area contributed by atoms with Gasteiger partial charge in [-0.1, -0.05) is 0 Å². The Morgan fingerprint density at radius 3 is 2.83 bits per heavy atom. The van der Waals surface area contributed by atoms with Crippen LogP contribution in [-0.4, -0.2) is 16.0 Å². The van der Waals surface area contributed by atoms with Gasteiger partial charge in [0.15, 0.2) is 0 Å². The number of nitrogens with zero attached hydrogens (tertiary/aromatic N) is 2. The highest BCUT2D eigenvalue weighted by Gasteiger charge is 2.22. The second-order valence-electron chi connectivity index (χ2n) is 3.36. The fraction of sp³-hybridized carbons (Fsp3) is 0.556. The van der Waals surface area contributed by atoms with Crippen molar-refractivity contribution in [2.24, 2.45) is 0 Å². The van der Waals surface area contributed by atoms with Gasteiger partial charge in [0.2, 0.25) is 0 Å². The Balaban J connectivity index is 2.21. The predicted molar refractivity (Wildman–Crippen MR) is 48.2 cm³/mol. The lowest BCUT2D eigenvalue weighted by molar-refractivity contribution is 1.02. The van der Waals surface area contributed by atoms with E-state index in [1.807, 2.05) is 13.8 Å². The van der Waals surface area contributed by atoms with Crippen molar-refractivity contribution in [3.63, 3.8) is 0 Å². The summed E-state index contributed by atoms with van der Waals surface area (Å²) in [5.41, 5.74) is 1.97. The molecule has 0 atom stereocenters. The Bertz CT molecular complexity index is 292. The molecule has 1 aromatic heterocycles. The normalized spacial score (nSPS) is 16.2. The minimum absolute atomic E-state index is 0.653. The Kier molecular flexibility index (Phi) is 1.71. The standard InChI is InChI=1S/C9H13N3/c1-6-5-10-7(2)9(11-6)12-8-3-4-8/h5,8H,3-4H2,1-2H3,(H,11,12). The van der Waals surface area contributed by atoms with Crippen molar-refractivity contribution in [1.82, 2.24) is 9.97 Å². The first kappa shape index (κ1) is 7.53. The molecule has 64 valence electrons. The van der Waals surface area contributed by atoms with Crippen molar-refractivity contribution < 1.29 is 0 Å². The third-order valence-corrected chi connectivity index (χ3v) is 1.99. The van der Waals surface area contributed by atoms with Gasteiger partial charge in [0.25, 0.3) is 0 Å². The molecule has 0 aliphatic heterocycles. The van der Waals surface area contributed by atoms with Crippen molar-refractivity contribution in [3.8, 4) is 0 Å². The Hall–Kier alpha value is -1.12. The van der Waals surface area contributed by atoms with Gasteiger partial charge in [-0.25, -0.2) is 4.98 Å². The smallest absolute Gasteiger partial charge is 0.147 e. The summed E-state index contributed by atoms with van der Waals surface area (Å²) in [6, 6.07) is 0.653. The Labute approximate surface area is 72.2 Å². The minimum atomic E-state index is 0.653. The second kappa shape index (κ2) is 2.73. The molecule has 1 N–H and O–H groups in total. The maximum Gasteiger partial charge on any atom is 0.147 e. The second-order valence-corrected chi connectivity index (χ2v) is 3.36. The van der Waals surface area contributed by atoms with Crippen LogP contribution in [-0.2, 0) is 0 Å². The molecule has 1 heterocycles. The van der Waals surface area contributed by atoms with Gasteiger partial charge in [0, 0.05) is 12.2 Å². The summed E-state index contributed by atoms with van der Waals surface area (Å²) in [6.07, 6.45) is 4.34. The van der Waals surface area contributed by atoms with Crippen molar-refractivity contribution in [2.75, 3.05) is 5.32 Å². The highest BCUT2D eigenvalue weighted by molar-refractivity contribution is 5.41. The predicted octanol–water partition coefficient (Wildman–Crippen LogP) is 1.67. The molecule has 3 heteroatoms. The molecular weight excluding hydrogens is 150 g/mol.